The van der Waals surface area contributed by atoms with Gasteiger partial charge in [-0.15, -0.1) is 0 Å². The standard InChI is InChI=1S/C28H27F3N4O4/c29-28(30,31)20-5-8-22(23-15-32-35-11-1-2-24(23)35)19(14-20)16-33-12-9-27(10-13-33)17-34(26(38)39-27)21-6-3-18(4-7-21)25(36)37/h3-8,14-15H,1-2,9-13,16-17H2,(H,36,37). The fraction of sp³-hybridized carbons (Fsp3) is 0.393. The number of halogens is 3. The van der Waals surface area contributed by atoms with Gasteiger partial charge in [0.2, 0.25) is 0 Å². The fourth-order valence-corrected chi connectivity index (χ4v) is 5.88. The molecule has 2 aromatic carbocycles. The number of aryl methyl sites for hydroxylation is 1. The molecule has 3 aliphatic heterocycles. The zero-order valence-corrected chi connectivity index (χ0v) is 21.1. The Balaban J connectivity index is 1.19. The van der Waals surface area contributed by atoms with Gasteiger partial charge in [-0.1, -0.05) is 6.07 Å². The predicted octanol–water partition coefficient (Wildman–Crippen LogP) is 5.20. The normalized spacial score (nSPS) is 18.9. The number of carboxylic acid groups (broad SMARTS) is 1. The maximum atomic E-state index is 13.6. The molecular formula is C28H27F3N4O4. The molecule has 3 aromatic rings. The summed E-state index contributed by atoms with van der Waals surface area (Å²) < 4.78 is 48.6. The molecule has 8 nitrogen and oxygen atoms in total. The Morgan fingerprint density at radius 2 is 1.79 bits per heavy atom. The molecule has 1 amide bonds. The van der Waals surface area contributed by atoms with E-state index in [9.17, 15) is 22.8 Å². The van der Waals surface area contributed by atoms with Crippen molar-refractivity contribution >= 4 is 17.7 Å². The lowest BCUT2D eigenvalue weighted by molar-refractivity contribution is -0.137. The van der Waals surface area contributed by atoms with E-state index in [-0.39, 0.29) is 5.56 Å². The highest BCUT2D eigenvalue weighted by Gasteiger charge is 2.47. The number of ether oxygens (including phenoxy) is 1. The van der Waals surface area contributed by atoms with Crippen molar-refractivity contribution < 1.29 is 32.6 Å². The minimum absolute atomic E-state index is 0.129. The molecule has 1 N–H and O–H groups in total. The van der Waals surface area contributed by atoms with Gasteiger partial charge < -0.3 is 9.84 Å². The van der Waals surface area contributed by atoms with Crippen LogP contribution in [0.25, 0.3) is 11.1 Å². The molecule has 6 rings (SSSR count). The summed E-state index contributed by atoms with van der Waals surface area (Å²) in [5, 5.41) is 13.6. The Morgan fingerprint density at radius 3 is 2.49 bits per heavy atom. The van der Waals surface area contributed by atoms with Gasteiger partial charge in [-0.05, 0) is 60.4 Å². The number of rotatable bonds is 5. The Morgan fingerprint density at radius 1 is 1.05 bits per heavy atom. The first-order valence-corrected chi connectivity index (χ1v) is 12.9. The third-order valence-electron chi connectivity index (χ3n) is 8.01. The first-order chi connectivity index (χ1) is 18.6. The molecule has 0 aliphatic carbocycles. The number of benzene rings is 2. The van der Waals surface area contributed by atoms with Crippen LogP contribution in [0.4, 0.5) is 23.7 Å². The largest absolute Gasteiger partial charge is 0.478 e. The number of anilines is 1. The second-order valence-electron chi connectivity index (χ2n) is 10.5. The van der Waals surface area contributed by atoms with Crippen LogP contribution >= 0.6 is 0 Å². The van der Waals surface area contributed by atoms with Crippen molar-refractivity contribution in [3.8, 4) is 11.1 Å². The van der Waals surface area contributed by atoms with Gasteiger partial charge in [0, 0.05) is 56.0 Å². The van der Waals surface area contributed by atoms with Crippen molar-refractivity contribution in [1.82, 2.24) is 14.7 Å². The number of likely N-dealkylation sites (tertiary alicyclic amines) is 1. The summed E-state index contributed by atoms with van der Waals surface area (Å²) in [6.07, 6.45) is -0.268. The number of alkyl halides is 3. The smallest absolute Gasteiger partial charge is 0.416 e. The Hall–Kier alpha value is -3.86. The minimum Gasteiger partial charge on any atom is -0.478 e. The van der Waals surface area contributed by atoms with Gasteiger partial charge in [0.15, 0.2) is 0 Å². The van der Waals surface area contributed by atoms with E-state index < -0.39 is 29.4 Å². The van der Waals surface area contributed by atoms with Crippen molar-refractivity contribution in [3.63, 3.8) is 0 Å². The highest BCUT2D eigenvalue weighted by atomic mass is 19.4. The number of carbonyl (C=O) groups is 2. The zero-order chi connectivity index (χ0) is 27.4. The molecule has 39 heavy (non-hydrogen) atoms. The predicted molar refractivity (Wildman–Crippen MR) is 135 cm³/mol. The van der Waals surface area contributed by atoms with Crippen LogP contribution in [0.15, 0.2) is 48.7 Å². The molecule has 2 saturated heterocycles. The maximum absolute atomic E-state index is 13.6. The summed E-state index contributed by atoms with van der Waals surface area (Å²) in [7, 11) is 0. The molecule has 1 spiro atoms. The van der Waals surface area contributed by atoms with Crippen LogP contribution in [0.3, 0.4) is 0 Å². The van der Waals surface area contributed by atoms with Crippen LogP contribution < -0.4 is 4.90 Å². The minimum atomic E-state index is -4.44. The highest BCUT2D eigenvalue weighted by molar-refractivity contribution is 5.92. The van der Waals surface area contributed by atoms with Gasteiger partial charge in [-0.2, -0.15) is 18.3 Å². The summed E-state index contributed by atoms with van der Waals surface area (Å²) in [5.41, 5.74) is 2.65. The third kappa shape index (κ3) is 4.75. The number of carboxylic acids is 1. The van der Waals surface area contributed by atoms with E-state index in [2.05, 4.69) is 10.00 Å². The molecule has 0 bridgehead atoms. The zero-order valence-electron chi connectivity index (χ0n) is 21.1. The van der Waals surface area contributed by atoms with Crippen LogP contribution in [-0.2, 0) is 30.4 Å². The fourth-order valence-electron chi connectivity index (χ4n) is 5.88. The van der Waals surface area contributed by atoms with E-state index in [4.69, 9.17) is 9.84 Å². The van der Waals surface area contributed by atoms with Crippen molar-refractivity contribution in [1.29, 1.82) is 0 Å². The van der Waals surface area contributed by atoms with Crippen molar-refractivity contribution in [2.45, 2.75) is 50.6 Å². The Labute approximate surface area is 222 Å². The SMILES string of the molecule is O=C(O)c1ccc(N2CC3(CCN(Cc4cc(C(F)(F)F)ccc4-c4cnn5c4CCC5)CC3)OC2=O)cc1. The molecule has 3 aliphatic rings. The van der Waals surface area contributed by atoms with E-state index >= 15 is 0 Å². The van der Waals surface area contributed by atoms with Gasteiger partial charge >= 0.3 is 18.2 Å². The molecule has 4 heterocycles. The summed E-state index contributed by atoms with van der Waals surface area (Å²) in [4.78, 5) is 27.4. The quantitative estimate of drug-likeness (QED) is 0.479. The molecule has 204 valence electrons. The van der Waals surface area contributed by atoms with E-state index in [1.807, 2.05) is 4.68 Å². The number of aromatic nitrogens is 2. The average Bonchev–Trinajstić information content (AvgIpc) is 3.60. The molecule has 0 unspecified atom stereocenters. The van der Waals surface area contributed by atoms with Crippen LogP contribution in [0, 0.1) is 0 Å². The average molecular weight is 541 g/mol. The van der Waals surface area contributed by atoms with Crippen molar-refractivity contribution in [3.05, 3.63) is 71.0 Å². The molecule has 0 saturated carbocycles. The second kappa shape index (κ2) is 9.41. The van der Waals surface area contributed by atoms with Crippen molar-refractivity contribution in [2.24, 2.45) is 0 Å². The van der Waals surface area contributed by atoms with E-state index in [1.165, 1.54) is 23.1 Å². The lowest BCUT2D eigenvalue weighted by Crippen LogP contribution is -2.46. The van der Waals surface area contributed by atoms with Crippen LogP contribution in [0.1, 0.15) is 46.4 Å². The van der Waals surface area contributed by atoms with Gasteiger partial charge in [-0.25, -0.2) is 9.59 Å². The number of nitrogens with zero attached hydrogens (tertiary/aromatic N) is 4. The lowest BCUT2D eigenvalue weighted by Gasteiger charge is -2.37. The number of hydrogen-bond donors (Lipinski definition) is 1. The Bertz CT molecular complexity index is 1430. The first kappa shape index (κ1) is 25.4. The molecule has 0 atom stereocenters. The first-order valence-electron chi connectivity index (χ1n) is 12.9. The van der Waals surface area contributed by atoms with Crippen LogP contribution in [0.5, 0.6) is 0 Å². The monoisotopic (exact) mass is 540 g/mol. The maximum Gasteiger partial charge on any atom is 0.416 e. The molecule has 1 aromatic heterocycles. The number of amides is 1. The topological polar surface area (TPSA) is 87.9 Å². The van der Waals surface area contributed by atoms with Gasteiger partial charge in [0.1, 0.15) is 5.60 Å². The number of carbonyl (C=O) groups excluding carboxylic acids is 1. The lowest BCUT2D eigenvalue weighted by atomic mass is 9.90. The van der Waals surface area contributed by atoms with Gasteiger partial charge in [0.25, 0.3) is 0 Å². The Kier molecular flexibility index (Phi) is 6.13. The van der Waals surface area contributed by atoms with Crippen molar-refractivity contribution in [2.75, 3.05) is 24.5 Å². The summed E-state index contributed by atoms with van der Waals surface area (Å²) in [6.45, 7) is 2.61. The number of aromatic carboxylic acids is 1. The van der Waals surface area contributed by atoms with Crippen LogP contribution in [0.2, 0.25) is 0 Å². The van der Waals surface area contributed by atoms with Gasteiger partial charge in [0.05, 0.1) is 23.9 Å². The third-order valence-corrected chi connectivity index (χ3v) is 8.01. The number of fused-ring (bicyclic) bond motifs is 1. The van der Waals surface area contributed by atoms with E-state index in [0.29, 0.717) is 50.3 Å². The molecule has 0 radical (unpaired) electrons. The van der Waals surface area contributed by atoms with E-state index in [0.717, 1.165) is 42.3 Å². The summed E-state index contributed by atoms with van der Waals surface area (Å²) in [6, 6.07) is 10.0. The highest BCUT2D eigenvalue weighted by Crippen LogP contribution is 2.39. The van der Waals surface area contributed by atoms with E-state index in [1.54, 1.807) is 24.4 Å². The van der Waals surface area contributed by atoms with Crippen LogP contribution in [-0.4, -0.2) is 57.1 Å². The number of hydrogen-bond acceptors (Lipinski definition) is 5. The van der Waals surface area contributed by atoms with Gasteiger partial charge in [-0.3, -0.25) is 14.5 Å². The molecule has 2 fully saturated rings. The second-order valence-corrected chi connectivity index (χ2v) is 10.5. The number of piperidine rings is 1. The summed E-state index contributed by atoms with van der Waals surface area (Å²) >= 11 is 0. The summed E-state index contributed by atoms with van der Waals surface area (Å²) in [5.74, 6) is -1.05. The molecule has 11 heteroatoms. The molecular weight excluding hydrogens is 513 g/mol.